The van der Waals surface area contributed by atoms with Crippen molar-refractivity contribution in [3.05, 3.63) is 81.3 Å². The average Bonchev–Trinajstić information content (AvgIpc) is 3.23. The van der Waals surface area contributed by atoms with Crippen LogP contribution >= 0.6 is 22.9 Å². The molecule has 0 bridgehead atoms. The first kappa shape index (κ1) is 16.8. The summed E-state index contributed by atoms with van der Waals surface area (Å²) in [5.74, 6) is 0.451. The number of nitrogens with one attached hydrogen (secondary N) is 1. The second-order valence-corrected chi connectivity index (χ2v) is 7.29. The van der Waals surface area contributed by atoms with E-state index >= 15 is 0 Å². The van der Waals surface area contributed by atoms with Crippen LogP contribution in [0, 0.1) is 5.41 Å². The van der Waals surface area contributed by atoms with Crippen molar-refractivity contribution in [3.8, 4) is 11.3 Å². The molecule has 2 heterocycles. The number of rotatable bonds is 4. The van der Waals surface area contributed by atoms with Crippen LogP contribution in [0.1, 0.15) is 10.6 Å². The van der Waals surface area contributed by atoms with Crippen molar-refractivity contribution < 1.29 is 5.11 Å². The molecule has 4 rings (SSSR count). The summed E-state index contributed by atoms with van der Waals surface area (Å²) in [5.41, 5.74) is 3.30. The number of benzene rings is 2. The Labute approximate surface area is 160 Å². The summed E-state index contributed by atoms with van der Waals surface area (Å²) in [7, 11) is 0. The molecule has 0 saturated carbocycles. The Morgan fingerprint density at radius 3 is 2.62 bits per heavy atom. The maximum Gasteiger partial charge on any atom is 0.135 e. The molecule has 0 amide bonds. The largest absolute Gasteiger partial charge is 0.510 e. The molecule has 0 unspecified atom stereocenters. The molecule has 26 heavy (non-hydrogen) atoms. The molecule has 3 aromatic rings. The molecule has 0 radical (unpaired) electrons. The summed E-state index contributed by atoms with van der Waals surface area (Å²) < 4.78 is 0. The molecule has 1 aromatic heterocycles. The third kappa shape index (κ3) is 3.11. The minimum Gasteiger partial charge on any atom is -0.510 e. The van der Waals surface area contributed by atoms with Gasteiger partial charge in [-0.15, -0.1) is 11.3 Å². The van der Waals surface area contributed by atoms with E-state index in [2.05, 4.69) is 4.98 Å². The lowest BCUT2D eigenvalue weighted by Gasteiger charge is -2.19. The number of nitrogens with zero attached hydrogens (tertiary/aromatic N) is 2. The predicted octanol–water partition coefficient (Wildman–Crippen LogP) is 5.23. The van der Waals surface area contributed by atoms with Gasteiger partial charge in [0.2, 0.25) is 0 Å². The Kier molecular flexibility index (Phi) is 4.49. The van der Waals surface area contributed by atoms with Gasteiger partial charge in [0.05, 0.1) is 17.8 Å². The number of amidine groups is 1. The number of aliphatic hydroxyl groups excluding tert-OH is 1. The Morgan fingerprint density at radius 1 is 1.12 bits per heavy atom. The van der Waals surface area contributed by atoms with Crippen LogP contribution in [-0.2, 0) is 6.54 Å². The van der Waals surface area contributed by atoms with Gasteiger partial charge in [0.15, 0.2) is 0 Å². The van der Waals surface area contributed by atoms with Gasteiger partial charge in [-0.25, -0.2) is 4.98 Å². The van der Waals surface area contributed by atoms with E-state index in [1.54, 1.807) is 4.90 Å². The Hall–Kier alpha value is -2.63. The molecule has 1 aliphatic rings. The van der Waals surface area contributed by atoms with Crippen LogP contribution in [0.4, 0.5) is 0 Å². The van der Waals surface area contributed by atoms with Crippen molar-refractivity contribution in [3.63, 3.8) is 0 Å². The number of halogens is 1. The summed E-state index contributed by atoms with van der Waals surface area (Å²) in [4.78, 5) is 6.43. The molecular formula is C20H16ClN3OS. The van der Waals surface area contributed by atoms with Gasteiger partial charge in [0, 0.05) is 22.5 Å². The van der Waals surface area contributed by atoms with Crippen LogP contribution in [0.5, 0.6) is 0 Å². The number of aromatic nitrogens is 1. The number of thiazole rings is 1. The molecule has 0 fully saturated rings. The number of hydrogen-bond donors (Lipinski definition) is 2. The van der Waals surface area contributed by atoms with Crippen LogP contribution < -0.4 is 0 Å². The van der Waals surface area contributed by atoms with E-state index in [0.717, 1.165) is 16.8 Å². The summed E-state index contributed by atoms with van der Waals surface area (Å²) in [5, 5.41) is 22.2. The van der Waals surface area contributed by atoms with Crippen molar-refractivity contribution in [2.75, 3.05) is 6.54 Å². The van der Waals surface area contributed by atoms with Gasteiger partial charge in [-0.1, -0.05) is 60.1 Å². The Morgan fingerprint density at radius 2 is 1.85 bits per heavy atom. The zero-order valence-corrected chi connectivity index (χ0v) is 15.4. The topological polar surface area (TPSA) is 60.2 Å². The minimum atomic E-state index is 0.177. The van der Waals surface area contributed by atoms with Gasteiger partial charge in [-0.05, 0) is 11.6 Å². The molecule has 4 nitrogen and oxygen atoms in total. The second-order valence-electron chi connectivity index (χ2n) is 6.02. The lowest BCUT2D eigenvalue weighted by Crippen LogP contribution is -2.26. The zero-order valence-electron chi connectivity index (χ0n) is 13.8. The highest BCUT2D eigenvalue weighted by Gasteiger charge is 2.30. The average molecular weight is 382 g/mol. The summed E-state index contributed by atoms with van der Waals surface area (Å²) in [6, 6.07) is 17.4. The molecule has 0 saturated heterocycles. The van der Waals surface area contributed by atoms with Crippen LogP contribution in [0.3, 0.4) is 0 Å². The van der Waals surface area contributed by atoms with Crippen LogP contribution in [0.2, 0.25) is 5.02 Å². The molecule has 130 valence electrons. The summed E-state index contributed by atoms with van der Waals surface area (Å²) in [6.45, 7) is 0.766. The van der Waals surface area contributed by atoms with Crippen molar-refractivity contribution >= 4 is 34.3 Å². The van der Waals surface area contributed by atoms with E-state index in [9.17, 15) is 5.11 Å². The van der Waals surface area contributed by atoms with Crippen molar-refractivity contribution in [2.45, 2.75) is 6.54 Å². The highest BCUT2D eigenvalue weighted by atomic mass is 35.5. The van der Waals surface area contributed by atoms with E-state index in [-0.39, 0.29) is 11.6 Å². The van der Waals surface area contributed by atoms with Crippen LogP contribution in [-0.4, -0.2) is 27.4 Å². The van der Waals surface area contributed by atoms with Crippen LogP contribution in [0.15, 0.2) is 65.7 Å². The Bertz CT molecular complexity index is 997. The van der Waals surface area contributed by atoms with E-state index < -0.39 is 0 Å². The number of hydrogen-bond acceptors (Lipinski definition) is 4. The highest BCUT2D eigenvalue weighted by molar-refractivity contribution is 7.11. The van der Waals surface area contributed by atoms with Gasteiger partial charge in [-0.3, -0.25) is 5.41 Å². The fraction of sp³-hybridized carbons (Fsp3) is 0.100. The van der Waals surface area contributed by atoms with Gasteiger partial charge in [0.1, 0.15) is 16.6 Å². The SMILES string of the molecule is N=C1C(c2nc(-c3ccccc3)cs2)=C(O)CN1Cc1ccccc1Cl. The van der Waals surface area contributed by atoms with Gasteiger partial charge in [0.25, 0.3) is 0 Å². The lowest BCUT2D eigenvalue weighted by atomic mass is 10.2. The molecule has 2 N–H and O–H groups in total. The predicted molar refractivity (Wildman–Crippen MR) is 107 cm³/mol. The molecular weight excluding hydrogens is 366 g/mol. The first-order valence-corrected chi connectivity index (χ1v) is 9.40. The van der Waals surface area contributed by atoms with E-state index in [1.165, 1.54) is 11.3 Å². The third-order valence-electron chi connectivity index (χ3n) is 4.29. The summed E-state index contributed by atoms with van der Waals surface area (Å²) in [6.07, 6.45) is 0. The van der Waals surface area contributed by atoms with Crippen molar-refractivity contribution in [1.82, 2.24) is 9.88 Å². The van der Waals surface area contributed by atoms with E-state index in [0.29, 0.717) is 28.7 Å². The zero-order chi connectivity index (χ0) is 18.1. The van der Waals surface area contributed by atoms with Crippen LogP contribution in [0.25, 0.3) is 16.8 Å². The normalized spacial score (nSPS) is 14.3. The van der Waals surface area contributed by atoms with Crippen molar-refractivity contribution in [1.29, 1.82) is 5.41 Å². The first-order valence-electron chi connectivity index (χ1n) is 8.14. The maximum absolute atomic E-state index is 10.4. The molecule has 0 spiro atoms. The van der Waals surface area contributed by atoms with Crippen molar-refractivity contribution in [2.24, 2.45) is 0 Å². The molecule has 0 aliphatic carbocycles. The van der Waals surface area contributed by atoms with E-state index in [4.69, 9.17) is 17.0 Å². The van der Waals surface area contributed by atoms with Gasteiger partial charge < -0.3 is 10.0 Å². The lowest BCUT2D eigenvalue weighted by molar-refractivity contribution is 0.347. The fourth-order valence-corrected chi connectivity index (χ4v) is 4.05. The Balaban J connectivity index is 1.58. The maximum atomic E-state index is 10.4. The van der Waals surface area contributed by atoms with E-state index in [1.807, 2.05) is 60.0 Å². The third-order valence-corrected chi connectivity index (χ3v) is 5.52. The summed E-state index contributed by atoms with van der Waals surface area (Å²) >= 11 is 7.67. The number of aliphatic hydroxyl groups is 1. The molecule has 0 atom stereocenters. The van der Waals surface area contributed by atoms with Gasteiger partial charge in [-0.2, -0.15) is 0 Å². The smallest absolute Gasteiger partial charge is 0.135 e. The monoisotopic (exact) mass is 381 g/mol. The molecule has 6 heteroatoms. The fourth-order valence-electron chi connectivity index (χ4n) is 2.96. The molecule has 1 aliphatic heterocycles. The quantitative estimate of drug-likeness (QED) is 0.650. The van der Waals surface area contributed by atoms with Gasteiger partial charge >= 0.3 is 0 Å². The molecule has 2 aromatic carbocycles. The minimum absolute atomic E-state index is 0.177. The standard InChI is InChI=1S/C20H16ClN3OS/c21-15-9-5-4-8-14(15)10-24-11-17(25)18(19(24)22)20-23-16(12-26-20)13-6-2-1-3-7-13/h1-9,12,22,25H,10-11H2. The highest BCUT2D eigenvalue weighted by Crippen LogP contribution is 2.33. The first-order chi connectivity index (χ1) is 12.6. The second kappa shape index (κ2) is 6.94.